The third-order valence-electron chi connectivity index (χ3n) is 4.21. The van der Waals surface area contributed by atoms with Crippen LogP contribution in [0.1, 0.15) is 20.3 Å². The smallest absolute Gasteiger partial charge is 0.344 e. The van der Waals surface area contributed by atoms with Crippen LogP contribution in [0.2, 0.25) is 0 Å². The molecule has 1 aliphatic heterocycles. The monoisotopic (exact) mass is 377 g/mol. The number of hydrogen-bond acceptors (Lipinski definition) is 6. The highest BCUT2D eigenvalue weighted by atomic mass is 32.2. The van der Waals surface area contributed by atoms with Crippen molar-refractivity contribution < 1.29 is 19.1 Å². The number of fused-ring (bicyclic) bond motifs is 1. The van der Waals surface area contributed by atoms with Crippen molar-refractivity contribution in [2.45, 2.75) is 31.0 Å². The normalized spacial score (nSPS) is 19.7. The number of nitrogens with one attached hydrogen (secondary N) is 3. The Bertz CT molecular complexity index is 883. The minimum Gasteiger partial charge on any atom is -0.497 e. The Morgan fingerprint density at radius 2 is 2.19 bits per heavy atom. The molecule has 10 heteroatoms. The minimum atomic E-state index is -0.991. The number of aromatic nitrogens is 2. The average Bonchev–Trinajstić information content (AvgIpc) is 3.13. The molecule has 3 rings (SSSR count). The van der Waals surface area contributed by atoms with E-state index < -0.39 is 23.4 Å². The van der Waals surface area contributed by atoms with Gasteiger partial charge in [-0.3, -0.25) is 15.0 Å². The lowest BCUT2D eigenvalue weighted by Gasteiger charge is -2.19. The largest absolute Gasteiger partial charge is 0.497 e. The number of benzene rings is 1. The molecule has 1 atom stereocenters. The molecule has 26 heavy (non-hydrogen) atoms. The van der Waals surface area contributed by atoms with Crippen molar-refractivity contribution in [3.63, 3.8) is 0 Å². The number of H-pyrrole nitrogens is 1. The van der Waals surface area contributed by atoms with Gasteiger partial charge in [0.2, 0.25) is 5.91 Å². The van der Waals surface area contributed by atoms with Gasteiger partial charge in [0.15, 0.2) is 5.16 Å². The number of nitrogens with zero attached hydrogens (tertiary/aromatic N) is 2. The van der Waals surface area contributed by atoms with E-state index in [1.165, 1.54) is 11.8 Å². The second-order valence-corrected chi connectivity index (χ2v) is 6.97. The highest BCUT2D eigenvalue weighted by Crippen LogP contribution is 2.23. The van der Waals surface area contributed by atoms with Gasteiger partial charge in [-0.25, -0.2) is 9.78 Å². The summed E-state index contributed by atoms with van der Waals surface area (Å²) >= 11 is 1.17. The Hall–Kier alpha value is -2.75. The summed E-state index contributed by atoms with van der Waals surface area (Å²) in [5.74, 6) is -0.249. The Morgan fingerprint density at radius 1 is 1.42 bits per heavy atom. The standard InChI is InChI=1S/C16H19N5O4S/c1-4-16(2)13(23)21(15(24)19-16)20-12(22)8-26-14-17-10-6-5-9(25-3)7-11(10)18-14/h5-7H,4,8H2,1-3H3,(H,17,18)(H,19,24)(H,20,22)/t16-/m0/s1. The van der Waals surface area contributed by atoms with Gasteiger partial charge >= 0.3 is 6.03 Å². The number of carbonyl (C=O) groups excluding carboxylic acids is 3. The molecule has 4 amide bonds. The van der Waals surface area contributed by atoms with Crippen molar-refractivity contribution in [2.75, 3.05) is 12.9 Å². The first-order valence-corrected chi connectivity index (χ1v) is 8.97. The first kappa shape index (κ1) is 18.1. The molecule has 0 aliphatic carbocycles. The van der Waals surface area contributed by atoms with Crippen LogP contribution in [0.3, 0.4) is 0 Å². The van der Waals surface area contributed by atoms with Crippen LogP contribution in [0, 0.1) is 0 Å². The van der Waals surface area contributed by atoms with Crippen LogP contribution >= 0.6 is 11.8 Å². The molecule has 1 aromatic heterocycles. The lowest BCUT2D eigenvalue weighted by atomic mass is 10.00. The van der Waals surface area contributed by atoms with Crippen LogP contribution in [-0.4, -0.2) is 51.2 Å². The van der Waals surface area contributed by atoms with Crippen LogP contribution in [0.25, 0.3) is 11.0 Å². The number of urea groups is 1. The summed E-state index contributed by atoms with van der Waals surface area (Å²) in [5.41, 5.74) is 2.89. The molecular weight excluding hydrogens is 358 g/mol. The van der Waals surface area contributed by atoms with Crippen LogP contribution in [0.5, 0.6) is 5.75 Å². The Labute approximate surface area is 153 Å². The molecule has 1 saturated heterocycles. The van der Waals surface area contributed by atoms with Crippen LogP contribution in [0.15, 0.2) is 23.4 Å². The summed E-state index contributed by atoms with van der Waals surface area (Å²) in [6.45, 7) is 3.41. The molecule has 0 unspecified atom stereocenters. The first-order valence-electron chi connectivity index (χ1n) is 7.99. The highest BCUT2D eigenvalue weighted by Gasteiger charge is 2.47. The molecule has 1 aliphatic rings. The van der Waals surface area contributed by atoms with E-state index in [0.29, 0.717) is 17.3 Å². The number of carbonyl (C=O) groups is 3. The van der Waals surface area contributed by atoms with Gasteiger partial charge in [0.1, 0.15) is 11.3 Å². The molecule has 0 radical (unpaired) electrons. The van der Waals surface area contributed by atoms with Crippen LogP contribution < -0.4 is 15.5 Å². The van der Waals surface area contributed by atoms with E-state index in [0.717, 1.165) is 16.0 Å². The number of hydrazine groups is 1. The fraction of sp³-hybridized carbons (Fsp3) is 0.375. The number of imide groups is 1. The number of ether oxygens (including phenoxy) is 1. The summed E-state index contributed by atoms with van der Waals surface area (Å²) in [4.78, 5) is 43.7. The molecule has 0 saturated carbocycles. The van der Waals surface area contributed by atoms with Gasteiger partial charge < -0.3 is 15.0 Å². The predicted molar refractivity (Wildman–Crippen MR) is 95.6 cm³/mol. The van der Waals surface area contributed by atoms with Gasteiger partial charge in [0.05, 0.1) is 23.9 Å². The molecule has 0 bridgehead atoms. The highest BCUT2D eigenvalue weighted by molar-refractivity contribution is 7.99. The molecule has 2 aromatic rings. The average molecular weight is 377 g/mol. The second-order valence-electron chi connectivity index (χ2n) is 6.01. The second kappa shape index (κ2) is 6.87. The van der Waals surface area contributed by atoms with Crippen LogP contribution in [0.4, 0.5) is 4.79 Å². The number of amides is 4. The SMILES string of the molecule is CC[C@]1(C)NC(=O)N(NC(=O)CSc2nc3ccc(OC)cc3[nH]2)C1=O. The Morgan fingerprint density at radius 3 is 2.85 bits per heavy atom. The van der Waals surface area contributed by atoms with E-state index in [1.807, 2.05) is 12.1 Å². The van der Waals surface area contributed by atoms with E-state index in [9.17, 15) is 14.4 Å². The van der Waals surface area contributed by atoms with E-state index in [2.05, 4.69) is 20.7 Å². The summed E-state index contributed by atoms with van der Waals surface area (Å²) in [7, 11) is 1.58. The summed E-state index contributed by atoms with van der Waals surface area (Å²) < 4.78 is 5.16. The summed E-state index contributed by atoms with van der Waals surface area (Å²) in [5, 5.41) is 3.86. The number of thioether (sulfide) groups is 1. The zero-order chi connectivity index (χ0) is 18.9. The molecule has 3 N–H and O–H groups in total. The third kappa shape index (κ3) is 3.32. The van der Waals surface area contributed by atoms with E-state index in [-0.39, 0.29) is 5.75 Å². The number of aromatic amines is 1. The van der Waals surface area contributed by atoms with Crippen molar-refractivity contribution in [3.05, 3.63) is 18.2 Å². The summed E-state index contributed by atoms with van der Waals surface area (Å²) in [6, 6.07) is 4.79. The third-order valence-corrected chi connectivity index (χ3v) is 5.09. The van der Waals surface area contributed by atoms with Gasteiger partial charge in [-0.2, -0.15) is 5.01 Å². The fourth-order valence-corrected chi connectivity index (χ4v) is 3.15. The number of imidazole rings is 1. The van der Waals surface area contributed by atoms with Crippen LogP contribution in [-0.2, 0) is 9.59 Å². The minimum absolute atomic E-state index is 0.00312. The molecule has 2 heterocycles. The van der Waals surface area contributed by atoms with Crippen molar-refractivity contribution >= 4 is 40.6 Å². The van der Waals surface area contributed by atoms with E-state index in [1.54, 1.807) is 27.0 Å². The number of rotatable bonds is 6. The first-order chi connectivity index (χ1) is 12.4. The maximum absolute atomic E-state index is 12.2. The van der Waals surface area contributed by atoms with Crippen molar-refractivity contribution in [1.29, 1.82) is 0 Å². The van der Waals surface area contributed by atoms with Gasteiger partial charge in [-0.1, -0.05) is 18.7 Å². The lowest BCUT2D eigenvalue weighted by molar-refractivity contribution is -0.137. The molecular formula is C16H19N5O4S. The maximum atomic E-state index is 12.2. The summed E-state index contributed by atoms with van der Waals surface area (Å²) in [6.07, 6.45) is 0.432. The van der Waals surface area contributed by atoms with Gasteiger partial charge in [-0.05, 0) is 25.5 Å². The quantitative estimate of drug-likeness (QED) is 0.518. The van der Waals surface area contributed by atoms with Gasteiger partial charge in [0, 0.05) is 6.07 Å². The zero-order valence-electron chi connectivity index (χ0n) is 14.6. The van der Waals surface area contributed by atoms with E-state index in [4.69, 9.17) is 4.74 Å². The lowest BCUT2D eigenvalue weighted by Crippen LogP contribution is -2.49. The van der Waals surface area contributed by atoms with Crippen molar-refractivity contribution in [2.24, 2.45) is 0 Å². The molecule has 1 fully saturated rings. The zero-order valence-corrected chi connectivity index (χ0v) is 15.4. The molecule has 138 valence electrons. The fourth-order valence-electron chi connectivity index (χ4n) is 2.48. The number of methoxy groups -OCH3 is 1. The predicted octanol–water partition coefficient (Wildman–Crippen LogP) is 1.42. The Kier molecular flexibility index (Phi) is 4.77. The molecule has 9 nitrogen and oxygen atoms in total. The van der Waals surface area contributed by atoms with Crippen molar-refractivity contribution in [1.82, 2.24) is 25.7 Å². The molecule has 1 aromatic carbocycles. The Balaban J connectivity index is 1.61. The van der Waals surface area contributed by atoms with Gasteiger partial charge in [0.25, 0.3) is 5.91 Å². The number of hydrogen-bond donors (Lipinski definition) is 3. The topological polar surface area (TPSA) is 116 Å². The maximum Gasteiger partial charge on any atom is 0.344 e. The van der Waals surface area contributed by atoms with Gasteiger partial charge in [-0.15, -0.1) is 0 Å². The molecule has 0 spiro atoms. The van der Waals surface area contributed by atoms with E-state index >= 15 is 0 Å². The van der Waals surface area contributed by atoms with Crippen molar-refractivity contribution in [3.8, 4) is 5.75 Å².